The average molecular weight is 590 g/mol. The molecule has 4 heterocycles. The number of amides is 1. The lowest BCUT2D eigenvalue weighted by Crippen LogP contribution is -2.43. The van der Waals surface area contributed by atoms with E-state index in [0.29, 0.717) is 17.8 Å². The maximum absolute atomic E-state index is 13.1. The van der Waals surface area contributed by atoms with Crippen molar-refractivity contribution in [1.82, 2.24) is 29.7 Å². The fraction of sp³-hybridized carbons (Fsp3) is 0.265. The molecule has 218 valence electrons. The van der Waals surface area contributed by atoms with Crippen LogP contribution < -0.4 is 5.32 Å². The number of pyridine rings is 1. The third kappa shape index (κ3) is 7.19. The second-order valence-corrected chi connectivity index (χ2v) is 12.0. The Balaban J connectivity index is 1.12. The van der Waals surface area contributed by atoms with Crippen LogP contribution in [0.1, 0.15) is 38.6 Å². The van der Waals surface area contributed by atoms with Crippen molar-refractivity contribution in [3.05, 3.63) is 112 Å². The first-order valence-electron chi connectivity index (χ1n) is 14.5. The Kier molecular flexibility index (Phi) is 8.64. The second kappa shape index (κ2) is 12.9. The third-order valence-electron chi connectivity index (χ3n) is 7.78. The van der Waals surface area contributed by atoms with Gasteiger partial charge in [-0.2, -0.15) is 0 Å². The van der Waals surface area contributed by atoms with Crippen molar-refractivity contribution in [2.24, 2.45) is 0 Å². The van der Waals surface area contributed by atoms with Crippen molar-refractivity contribution >= 4 is 22.9 Å². The molecule has 43 heavy (non-hydrogen) atoms. The summed E-state index contributed by atoms with van der Waals surface area (Å²) in [6.07, 6.45) is 5.97. The van der Waals surface area contributed by atoms with E-state index in [-0.39, 0.29) is 5.91 Å². The van der Waals surface area contributed by atoms with Gasteiger partial charge in [0.1, 0.15) is 10.8 Å². The lowest BCUT2D eigenvalue weighted by Gasteiger charge is -2.32. The summed E-state index contributed by atoms with van der Waals surface area (Å²) in [6.45, 7) is 9.29. The Hall–Kier alpha value is -4.31. The molecule has 0 aliphatic carbocycles. The van der Waals surface area contributed by atoms with Gasteiger partial charge in [-0.25, -0.2) is 15.0 Å². The van der Waals surface area contributed by atoms with E-state index in [0.717, 1.165) is 77.1 Å². The molecule has 1 N–H and O–H groups in total. The molecule has 5 aromatic rings. The van der Waals surface area contributed by atoms with Crippen LogP contribution in [0.15, 0.2) is 78.6 Å². The summed E-state index contributed by atoms with van der Waals surface area (Å²) < 4.78 is 0. The highest BCUT2D eigenvalue weighted by molar-refractivity contribution is 7.13. The van der Waals surface area contributed by atoms with Crippen molar-refractivity contribution in [3.63, 3.8) is 0 Å². The molecule has 8 nitrogen and oxygen atoms in total. The molecule has 0 radical (unpaired) electrons. The monoisotopic (exact) mass is 589 g/mol. The average Bonchev–Trinajstić information content (AvgIpc) is 3.47. The van der Waals surface area contributed by atoms with Crippen molar-refractivity contribution in [2.75, 3.05) is 38.5 Å². The number of benzene rings is 2. The van der Waals surface area contributed by atoms with Crippen molar-refractivity contribution in [1.29, 1.82) is 0 Å². The molecule has 1 fully saturated rings. The van der Waals surface area contributed by atoms with Crippen LogP contribution >= 0.6 is 11.3 Å². The van der Waals surface area contributed by atoms with Gasteiger partial charge in [0.15, 0.2) is 0 Å². The van der Waals surface area contributed by atoms with Crippen molar-refractivity contribution in [3.8, 4) is 21.8 Å². The smallest absolute Gasteiger partial charge is 0.255 e. The standard InChI is InChI=1S/C34H35N7OS/c1-23-4-9-30(38-33(42)26-7-5-25(6-8-26)21-41-14-12-40(3)13-15-41)17-27(23)18-32-36-11-10-31(39-32)28-16-29(20-35-19-28)34-37-24(2)22-43-34/h4-11,16-17,19-20,22H,12-15,18,21H2,1-3H3,(H,38,42). The van der Waals surface area contributed by atoms with E-state index in [9.17, 15) is 4.79 Å². The quantitative estimate of drug-likeness (QED) is 0.242. The van der Waals surface area contributed by atoms with Crippen molar-refractivity contribution < 1.29 is 4.79 Å². The largest absolute Gasteiger partial charge is 0.322 e. The maximum Gasteiger partial charge on any atom is 0.255 e. The molecule has 0 unspecified atom stereocenters. The van der Waals surface area contributed by atoms with Gasteiger partial charge in [0.05, 0.1) is 5.69 Å². The molecule has 1 aliphatic rings. The van der Waals surface area contributed by atoms with Crippen LogP contribution in [0.3, 0.4) is 0 Å². The summed E-state index contributed by atoms with van der Waals surface area (Å²) in [6, 6.07) is 17.9. The number of thiazole rings is 1. The lowest BCUT2D eigenvalue weighted by molar-refractivity contribution is 0.102. The second-order valence-electron chi connectivity index (χ2n) is 11.2. The van der Waals surface area contributed by atoms with Crippen LogP contribution in [0, 0.1) is 13.8 Å². The summed E-state index contributed by atoms with van der Waals surface area (Å²) in [4.78, 5) is 36.3. The fourth-order valence-electron chi connectivity index (χ4n) is 5.17. The Bertz CT molecular complexity index is 1730. The van der Waals surface area contributed by atoms with E-state index in [1.807, 2.05) is 61.1 Å². The molecule has 1 amide bonds. The molecule has 1 saturated heterocycles. The molecule has 0 saturated carbocycles. The van der Waals surface area contributed by atoms with Crippen LogP contribution in [-0.2, 0) is 13.0 Å². The SMILES string of the molecule is Cc1csc(-c2cncc(-c3ccnc(Cc4cc(NC(=O)c5ccc(CN6CCN(C)CC6)cc5)ccc4C)n3)c2)n1. The molecule has 0 atom stereocenters. The van der Waals surface area contributed by atoms with E-state index in [1.54, 1.807) is 17.5 Å². The number of nitrogens with one attached hydrogen (secondary N) is 1. The van der Waals surface area contributed by atoms with Gasteiger partial charge in [0.2, 0.25) is 0 Å². The summed E-state index contributed by atoms with van der Waals surface area (Å²) in [5.74, 6) is 0.581. The fourth-order valence-corrected chi connectivity index (χ4v) is 5.95. The first-order valence-corrected chi connectivity index (χ1v) is 15.4. The molecule has 3 aromatic heterocycles. The number of hydrogen-bond donors (Lipinski definition) is 1. The lowest BCUT2D eigenvalue weighted by atomic mass is 10.0. The molecule has 0 spiro atoms. The first kappa shape index (κ1) is 28.8. The number of rotatable bonds is 8. The van der Waals surface area contributed by atoms with E-state index in [1.165, 1.54) is 5.56 Å². The number of likely N-dealkylation sites (N-methyl/N-ethyl adjacent to an activating group) is 1. The molecule has 6 rings (SSSR count). The summed E-state index contributed by atoms with van der Waals surface area (Å²) in [5.41, 5.74) is 8.49. The molecule has 0 bridgehead atoms. The van der Waals surface area contributed by atoms with E-state index in [4.69, 9.17) is 4.98 Å². The number of aromatic nitrogens is 4. The van der Waals surface area contributed by atoms with Gasteiger partial charge >= 0.3 is 0 Å². The van der Waals surface area contributed by atoms with Gasteiger partial charge in [0.25, 0.3) is 5.91 Å². The topological polar surface area (TPSA) is 87.1 Å². The highest BCUT2D eigenvalue weighted by atomic mass is 32.1. The minimum Gasteiger partial charge on any atom is -0.322 e. The Labute approximate surface area is 256 Å². The molecular weight excluding hydrogens is 554 g/mol. The van der Waals surface area contributed by atoms with Gasteiger partial charge in [-0.05, 0) is 74.0 Å². The zero-order valence-corrected chi connectivity index (χ0v) is 25.6. The van der Waals surface area contributed by atoms with E-state index < -0.39 is 0 Å². The number of aryl methyl sites for hydroxylation is 2. The summed E-state index contributed by atoms with van der Waals surface area (Å²) in [7, 11) is 2.16. The van der Waals surface area contributed by atoms with Crippen LogP contribution in [0.25, 0.3) is 21.8 Å². The van der Waals surface area contributed by atoms with Gasteiger partial charge in [0, 0.05) is 91.2 Å². The number of carbonyl (C=O) groups is 1. The van der Waals surface area contributed by atoms with Crippen LogP contribution in [0.2, 0.25) is 0 Å². The number of piperazine rings is 1. The highest BCUT2D eigenvalue weighted by Gasteiger charge is 2.15. The zero-order valence-electron chi connectivity index (χ0n) is 24.7. The van der Waals surface area contributed by atoms with Gasteiger partial charge in [-0.3, -0.25) is 14.7 Å². The number of hydrogen-bond acceptors (Lipinski definition) is 8. The summed E-state index contributed by atoms with van der Waals surface area (Å²) in [5, 5.41) is 6.05. The molecular formula is C34H35N7OS. The van der Waals surface area contributed by atoms with Gasteiger partial charge < -0.3 is 10.2 Å². The Morgan fingerprint density at radius 1 is 0.930 bits per heavy atom. The van der Waals surface area contributed by atoms with E-state index >= 15 is 0 Å². The highest BCUT2D eigenvalue weighted by Crippen LogP contribution is 2.27. The van der Waals surface area contributed by atoms with Crippen molar-refractivity contribution in [2.45, 2.75) is 26.8 Å². The molecule has 9 heteroatoms. The maximum atomic E-state index is 13.1. The summed E-state index contributed by atoms with van der Waals surface area (Å²) >= 11 is 1.61. The first-order chi connectivity index (χ1) is 20.9. The minimum absolute atomic E-state index is 0.123. The van der Waals surface area contributed by atoms with E-state index in [2.05, 4.69) is 62.2 Å². The molecule has 1 aliphatic heterocycles. The number of carbonyl (C=O) groups excluding carboxylic acids is 1. The zero-order chi connectivity index (χ0) is 29.8. The molecule has 2 aromatic carbocycles. The normalized spacial score (nSPS) is 14.1. The van der Waals surface area contributed by atoms with Gasteiger partial charge in [-0.1, -0.05) is 18.2 Å². The van der Waals surface area contributed by atoms with Crippen LogP contribution in [0.4, 0.5) is 5.69 Å². The predicted molar refractivity (Wildman–Crippen MR) is 172 cm³/mol. The predicted octanol–water partition coefficient (Wildman–Crippen LogP) is 5.87. The van der Waals surface area contributed by atoms with Gasteiger partial charge in [-0.15, -0.1) is 11.3 Å². The van der Waals surface area contributed by atoms with Crippen LogP contribution in [0.5, 0.6) is 0 Å². The Morgan fingerprint density at radius 2 is 1.72 bits per heavy atom. The number of anilines is 1. The third-order valence-corrected chi connectivity index (χ3v) is 8.79. The Morgan fingerprint density at radius 3 is 2.49 bits per heavy atom. The number of nitrogens with zero attached hydrogens (tertiary/aromatic N) is 6. The minimum atomic E-state index is -0.123. The van der Waals surface area contributed by atoms with Crippen LogP contribution in [-0.4, -0.2) is 68.9 Å².